The van der Waals surface area contributed by atoms with Crippen LogP contribution in [-0.4, -0.2) is 0 Å². The molecular formula is C32H27N. The summed E-state index contributed by atoms with van der Waals surface area (Å²) in [5, 5.41) is 0. The molecule has 1 heteroatoms. The van der Waals surface area contributed by atoms with Gasteiger partial charge in [0.05, 0.1) is 0 Å². The lowest BCUT2D eigenvalue weighted by Crippen LogP contribution is -2.09. The molecule has 0 atom stereocenters. The molecule has 0 aliphatic heterocycles. The van der Waals surface area contributed by atoms with Gasteiger partial charge in [0.15, 0.2) is 0 Å². The lowest BCUT2D eigenvalue weighted by molar-refractivity contribution is 1.28. The minimum absolute atomic E-state index is 1.14. The number of hydrogen-bond acceptors (Lipinski definition) is 1. The third-order valence-corrected chi connectivity index (χ3v) is 6.04. The van der Waals surface area contributed by atoms with E-state index in [1.54, 1.807) is 0 Å². The van der Waals surface area contributed by atoms with Gasteiger partial charge in [-0.25, -0.2) is 0 Å². The molecule has 0 aliphatic rings. The number of rotatable bonds is 5. The predicted octanol–water partition coefficient (Wildman–Crippen LogP) is 9.11. The molecule has 0 saturated carbocycles. The number of hydrogen-bond donors (Lipinski definition) is 0. The van der Waals surface area contributed by atoms with E-state index in [0.717, 1.165) is 17.1 Å². The van der Waals surface area contributed by atoms with Crippen LogP contribution < -0.4 is 4.90 Å². The van der Waals surface area contributed by atoms with Crippen molar-refractivity contribution in [2.45, 2.75) is 13.8 Å². The van der Waals surface area contributed by atoms with Crippen LogP contribution in [0.25, 0.3) is 22.3 Å². The minimum Gasteiger partial charge on any atom is -0.311 e. The third kappa shape index (κ3) is 4.58. The Balaban J connectivity index is 1.50. The molecular weight excluding hydrogens is 398 g/mol. The first-order valence-corrected chi connectivity index (χ1v) is 11.4. The zero-order valence-electron chi connectivity index (χ0n) is 19.1. The Bertz CT molecular complexity index is 1230. The van der Waals surface area contributed by atoms with Gasteiger partial charge in [0.1, 0.15) is 0 Å². The van der Waals surface area contributed by atoms with Gasteiger partial charge in [-0.2, -0.15) is 0 Å². The fraction of sp³-hybridized carbons (Fsp3) is 0.0625. The first-order chi connectivity index (χ1) is 16.2. The Hall–Kier alpha value is -4.10. The van der Waals surface area contributed by atoms with Crippen LogP contribution in [0.5, 0.6) is 0 Å². The van der Waals surface area contributed by atoms with Gasteiger partial charge < -0.3 is 4.90 Å². The zero-order chi connectivity index (χ0) is 22.6. The van der Waals surface area contributed by atoms with Crippen LogP contribution in [0.3, 0.4) is 0 Å². The van der Waals surface area contributed by atoms with Crippen LogP contribution in [0, 0.1) is 13.8 Å². The van der Waals surface area contributed by atoms with E-state index in [1.165, 1.54) is 33.4 Å². The molecule has 0 radical (unpaired) electrons. The van der Waals surface area contributed by atoms with E-state index < -0.39 is 0 Å². The fourth-order valence-electron chi connectivity index (χ4n) is 4.12. The number of anilines is 3. The summed E-state index contributed by atoms with van der Waals surface area (Å²) < 4.78 is 0. The SMILES string of the molecule is Cc1ccc(-c2ccc(N(c3ccccc3)c3ccc(-c4ccc(C)cc4)cc3)cc2)cc1. The molecule has 0 bridgehead atoms. The number of benzene rings is 5. The van der Waals surface area contributed by atoms with Crippen LogP contribution in [0.2, 0.25) is 0 Å². The molecule has 160 valence electrons. The zero-order valence-corrected chi connectivity index (χ0v) is 19.1. The first kappa shape index (κ1) is 20.8. The van der Waals surface area contributed by atoms with Crippen LogP contribution >= 0.6 is 0 Å². The normalized spacial score (nSPS) is 10.7. The molecule has 0 aliphatic carbocycles. The van der Waals surface area contributed by atoms with Crippen molar-refractivity contribution in [2.24, 2.45) is 0 Å². The molecule has 0 saturated heterocycles. The molecule has 5 aromatic carbocycles. The molecule has 1 nitrogen and oxygen atoms in total. The number of nitrogens with zero attached hydrogens (tertiary/aromatic N) is 1. The molecule has 0 fully saturated rings. The Morgan fingerprint density at radius 3 is 1.00 bits per heavy atom. The first-order valence-electron chi connectivity index (χ1n) is 11.4. The second kappa shape index (κ2) is 9.18. The van der Waals surface area contributed by atoms with E-state index in [2.05, 4.69) is 146 Å². The van der Waals surface area contributed by atoms with E-state index in [4.69, 9.17) is 0 Å². The molecule has 0 unspecified atom stereocenters. The highest BCUT2D eigenvalue weighted by Crippen LogP contribution is 2.36. The van der Waals surface area contributed by atoms with Crippen molar-refractivity contribution in [1.29, 1.82) is 0 Å². The third-order valence-electron chi connectivity index (χ3n) is 6.04. The Morgan fingerprint density at radius 2 is 0.636 bits per heavy atom. The predicted molar refractivity (Wildman–Crippen MR) is 141 cm³/mol. The molecule has 0 N–H and O–H groups in total. The molecule has 5 rings (SSSR count). The van der Waals surface area contributed by atoms with Gasteiger partial charge in [0.2, 0.25) is 0 Å². The highest BCUT2D eigenvalue weighted by atomic mass is 15.1. The highest BCUT2D eigenvalue weighted by molar-refractivity contribution is 5.79. The summed E-state index contributed by atoms with van der Waals surface area (Å²) in [6.45, 7) is 4.24. The molecule has 0 amide bonds. The van der Waals surface area contributed by atoms with Gasteiger partial charge in [-0.15, -0.1) is 0 Å². The summed E-state index contributed by atoms with van der Waals surface area (Å²) in [5.41, 5.74) is 10.9. The summed E-state index contributed by atoms with van der Waals surface area (Å²) in [6, 6.07) is 45.6. The summed E-state index contributed by atoms with van der Waals surface area (Å²) >= 11 is 0. The second-order valence-corrected chi connectivity index (χ2v) is 8.50. The van der Waals surface area contributed by atoms with Gasteiger partial charge >= 0.3 is 0 Å². The lowest BCUT2D eigenvalue weighted by Gasteiger charge is -2.26. The van der Waals surface area contributed by atoms with E-state index in [0.29, 0.717) is 0 Å². The summed E-state index contributed by atoms with van der Waals surface area (Å²) in [5.74, 6) is 0. The Kier molecular flexibility index (Phi) is 5.78. The van der Waals surface area contributed by atoms with Gasteiger partial charge in [-0.1, -0.05) is 102 Å². The summed E-state index contributed by atoms with van der Waals surface area (Å²) in [6.07, 6.45) is 0. The maximum Gasteiger partial charge on any atom is 0.0462 e. The Labute approximate surface area is 196 Å². The van der Waals surface area contributed by atoms with Gasteiger partial charge in [-0.05, 0) is 72.5 Å². The quantitative estimate of drug-likeness (QED) is 0.271. The number of para-hydroxylation sites is 1. The van der Waals surface area contributed by atoms with E-state index >= 15 is 0 Å². The molecule has 0 heterocycles. The summed E-state index contributed by atoms with van der Waals surface area (Å²) in [7, 11) is 0. The minimum atomic E-state index is 1.14. The van der Waals surface area contributed by atoms with Gasteiger partial charge in [0.25, 0.3) is 0 Å². The molecule has 0 aromatic heterocycles. The smallest absolute Gasteiger partial charge is 0.0462 e. The summed E-state index contributed by atoms with van der Waals surface area (Å²) in [4.78, 5) is 2.30. The number of aryl methyl sites for hydroxylation is 2. The topological polar surface area (TPSA) is 3.24 Å². The van der Waals surface area contributed by atoms with Gasteiger partial charge in [0, 0.05) is 17.1 Å². The van der Waals surface area contributed by atoms with Crippen molar-refractivity contribution in [3.63, 3.8) is 0 Å². The van der Waals surface area contributed by atoms with E-state index in [9.17, 15) is 0 Å². The molecule has 0 spiro atoms. The largest absolute Gasteiger partial charge is 0.311 e. The van der Waals surface area contributed by atoms with Gasteiger partial charge in [-0.3, -0.25) is 0 Å². The van der Waals surface area contributed by atoms with E-state index in [-0.39, 0.29) is 0 Å². The van der Waals surface area contributed by atoms with Crippen LogP contribution in [0.4, 0.5) is 17.1 Å². The van der Waals surface area contributed by atoms with Crippen LogP contribution in [-0.2, 0) is 0 Å². The van der Waals surface area contributed by atoms with Crippen molar-refractivity contribution < 1.29 is 0 Å². The molecule has 33 heavy (non-hydrogen) atoms. The fourth-order valence-corrected chi connectivity index (χ4v) is 4.12. The monoisotopic (exact) mass is 425 g/mol. The van der Waals surface area contributed by atoms with E-state index in [1.807, 2.05) is 0 Å². The van der Waals surface area contributed by atoms with Crippen molar-refractivity contribution in [3.05, 3.63) is 139 Å². The average Bonchev–Trinajstić information content (AvgIpc) is 2.87. The standard InChI is InChI=1S/C32H27N/c1-24-8-12-26(13-9-24)28-16-20-31(21-17-28)33(30-6-4-3-5-7-30)32-22-18-29(19-23-32)27-14-10-25(2)11-15-27/h3-23H,1-2H3. The van der Waals surface area contributed by atoms with Crippen molar-refractivity contribution >= 4 is 17.1 Å². The van der Waals surface area contributed by atoms with Crippen LogP contribution in [0.1, 0.15) is 11.1 Å². The van der Waals surface area contributed by atoms with Crippen molar-refractivity contribution in [1.82, 2.24) is 0 Å². The van der Waals surface area contributed by atoms with Crippen LogP contribution in [0.15, 0.2) is 127 Å². The Morgan fingerprint density at radius 1 is 0.333 bits per heavy atom. The average molecular weight is 426 g/mol. The molecule has 5 aromatic rings. The van der Waals surface area contributed by atoms with Crippen molar-refractivity contribution in [3.8, 4) is 22.3 Å². The maximum atomic E-state index is 2.30. The van der Waals surface area contributed by atoms with Crippen molar-refractivity contribution in [2.75, 3.05) is 4.90 Å². The maximum absolute atomic E-state index is 2.30. The second-order valence-electron chi connectivity index (χ2n) is 8.50. The lowest BCUT2D eigenvalue weighted by atomic mass is 10.0. The highest BCUT2D eigenvalue weighted by Gasteiger charge is 2.12.